The third-order valence-electron chi connectivity index (χ3n) is 2.26. The number of hydrogen-bond donors (Lipinski definition) is 4. The molecule has 0 radical (unpaired) electrons. The van der Waals surface area contributed by atoms with Crippen LogP contribution < -0.4 is 5.73 Å². The first-order chi connectivity index (χ1) is 6.72. The molecule has 14 heavy (non-hydrogen) atoms. The van der Waals surface area contributed by atoms with Crippen LogP contribution in [0.25, 0.3) is 10.9 Å². The third-order valence-corrected chi connectivity index (χ3v) is 2.26. The van der Waals surface area contributed by atoms with E-state index in [1.807, 2.05) is 6.07 Å². The van der Waals surface area contributed by atoms with Crippen molar-refractivity contribution in [1.29, 1.82) is 0 Å². The first-order valence-electron chi connectivity index (χ1n) is 4.39. The number of hydrogen-bond acceptors (Lipinski definition) is 3. The second-order valence-electron chi connectivity index (χ2n) is 3.25. The second-order valence-corrected chi connectivity index (χ2v) is 3.25. The highest BCUT2D eigenvalue weighted by molar-refractivity contribution is 5.86. The van der Waals surface area contributed by atoms with Gasteiger partial charge in [-0.3, -0.25) is 0 Å². The Morgan fingerprint density at radius 1 is 1.43 bits per heavy atom. The molecule has 5 N–H and O–H groups in total. The van der Waals surface area contributed by atoms with Gasteiger partial charge < -0.3 is 20.9 Å². The summed E-state index contributed by atoms with van der Waals surface area (Å²) >= 11 is 0. The Balaban J connectivity index is 2.56. The molecule has 0 saturated carbocycles. The third kappa shape index (κ3) is 1.34. The van der Waals surface area contributed by atoms with Crippen molar-refractivity contribution in [2.24, 2.45) is 5.73 Å². The molecule has 0 saturated heterocycles. The van der Waals surface area contributed by atoms with E-state index in [-0.39, 0.29) is 12.4 Å². The molecular formula is C10H12N2O2. The van der Waals surface area contributed by atoms with Crippen LogP contribution in [-0.2, 0) is 0 Å². The molecule has 74 valence electrons. The zero-order valence-corrected chi connectivity index (χ0v) is 7.57. The van der Waals surface area contributed by atoms with Gasteiger partial charge in [-0.15, -0.1) is 0 Å². The molecule has 1 atom stereocenters. The fraction of sp³-hybridized carbons (Fsp3) is 0.200. The van der Waals surface area contributed by atoms with E-state index < -0.39 is 6.04 Å². The smallest absolute Gasteiger partial charge is 0.124 e. The molecule has 0 aliphatic carbocycles. The number of phenolic OH excluding ortho intramolecular Hbond substituents is 1. The number of fused-ring (bicyclic) bond motifs is 1. The van der Waals surface area contributed by atoms with E-state index in [0.717, 1.165) is 16.6 Å². The Morgan fingerprint density at radius 2 is 2.21 bits per heavy atom. The summed E-state index contributed by atoms with van der Waals surface area (Å²) in [6.45, 7) is -0.117. The summed E-state index contributed by atoms with van der Waals surface area (Å²) in [6, 6.07) is 6.54. The predicted octanol–water partition coefficient (Wildman–Crippen LogP) is 0.866. The molecule has 0 fully saturated rings. The average molecular weight is 192 g/mol. The van der Waals surface area contributed by atoms with Gasteiger partial charge in [-0.2, -0.15) is 0 Å². The lowest BCUT2D eigenvalue weighted by molar-refractivity contribution is 0.266. The molecule has 1 aromatic heterocycles. The largest absolute Gasteiger partial charge is 0.507 e. The van der Waals surface area contributed by atoms with Crippen molar-refractivity contribution in [2.75, 3.05) is 6.61 Å². The van der Waals surface area contributed by atoms with Gasteiger partial charge in [0.05, 0.1) is 12.6 Å². The Morgan fingerprint density at radius 3 is 2.86 bits per heavy atom. The van der Waals surface area contributed by atoms with E-state index in [0.29, 0.717) is 0 Å². The van der Waals surface area contributed by atoms with Crippen LogP contribution in [0.2, 0.25) is 0 Å². The molecular weight excluding hydrogens is 180 g/mol. The number of aromatic amines is 1. The second kappa shape index (κ2) is 3.32. The summed E-state index contributed by atoms with van der Waals surface area (Å²) < 4.78 is 0. The van der Waals surface area contributed by atoms with E-state index >= 15 is 0 Å². The Bertz CT molecular complexity index is 450. The summed E-state index contributed by atoms with van der Waals surface area (Å²) in [7, 11) is 0. The van der Waals surface area contributed by atoms with Gasteiger partial charge in [0.25, 0.3) is 0 Å². The van der Waals surface area contributed by atoms with Crippen molar-refractivity contribution in [3.8, 4) is 5.75 Å². The predicted molar refractivity (Wildman–Crippen MR) is 54.0 cm³/mol. The summed E-state index contributed by atoms with van der Waals surface area (Å²) in [5.74, 6) is 0.218. The highest BCUT2D eigenvalue weighted by atomic mass is 16.3. The van der Waals surface area contributed by atoms with Gasteiger partial charge >= 0.3 is 0 Å². The molecule has 0 bridgehead atoms. The Hall–Kier alpha value is -1.52. The van der Waals surface area contributed by atoms with Crippen LogP contribution in [0.15, 0.2) is 24.3 Å². The van der Waals surface area contributed by atoms with Crippen LogP contribution in [-0.4, -0.2) is 21.8 Å². The first-order valence-corrected chi connectivity index (χ1v) is 4.39. The van der Waals surface area contributed by atoms with Crippen LogP contribution >= 0.6 is 0 Å². The molecule has 1 aromatic carbocycles. The quantitative estimate of drug-likeness (QED) is 0.569. The highest BCUT2D eigenvalue weighted by Gasteiger charge is 2.09. The molecule has 0 unspecified atom stereocenters. The normalized spacial score (nSPS) is 13.3. The van der Waals surface area contributed by atoms with Gasteiger partial charge in [-0.25, -0.2) is 0 Å². The summed E-state index contributed by atoms with van der Waals surface area (Å²) in [5.41, 5.74) is 7.19. The molecule has 1 heterocycles. The van der Waals surface area contributed by atoms with Crippen molar-refractivity contribution in [1.82, 2.24) is 4.98 Å². The number of nitrogens with two attached hydrogens (primary N) is 1. The van der Waals surface area contributed by atoms with Gasteiger partial charge in [0.2, 0.25) is 0 Å². The fourth-order valence-corrected chi connectivity index (χ4v) is 1.46. The molecule has 4 nitrogen and oxygen atoms in total. The maximum absolute atomic E-state index is 9.52. The lowest BCUT2D eigenvalue weighted by Gasteiger charge is -2.03. The number of rotatable bonds is 2. The topological polar surface area (TPSA) is 82.3 Å². The number of aromatic nitrogens is 1. The van der Waals surface area contributed by atoms with E-state index in [4.69, 9.17) is 10.8 Å². The standard InChI is InChI=1S/C10H12N2O2/c11-7(5-13)9-4-6-8(12-9)2-1-3-10(6)14/h1-4,7,12-14H,5,11H2/t7-/m0/s1. The van der Waals surface area contributed by atoms with Crippen LogP contribution in [0.1, 0.15) is 11.7 Å². The average Bonchev–Trinajstić information content (AvgIpc) is 2.62. The first kappa shape index (κ1) is 9.05. The molecule has 2 aromatic rings. The van der Waals surface area contributed by atoms with Crippen LogP contribution in [0.3, 0.4) is 0 Å². The van der Waals surface area contributed by atoms with E-state index in [1.165, 1.54) is 0 Å². The lowest BCUT2D eigenvalue weighted by atomic mass is 10.2. The number of aliphatic hydroxyl groups excluding tert-OH is 1. The van der Waals surface area contributed by atoms with E-state index in [2.05, 4.69) is 4.98 Å². The monoisotopic (exact) mass is 192 g/mol. The Labute approximate surface area is 81.0 Å². The minimum atomic E-state index is -0.429. The summed E-state index contributed by atoms with van der Waals surface area (Å²) in [6.07, 6.45) is 0. The van der Waals surface area contributed by atoms with Gasteiger partial charge in [-0.05, 0) is 18.2 Å². The van der Waals surface area contributed by atoms with Crippen LogP contribution in [0.5, 0.6) is 5.75 Å². The van der Waals surface area contributed by atoms with Crippen molar-refractivity contribution < 1.29 is 10.2 Å². The minimum Gasteiger partial charge on any atom is -0.507 e. The maximum atomic E-state index is 9.52. The zero-order chi connectivity index (χ0) is 10.1. The molecule has 0 aliphatic heterocycles. The fourth-order valence-electron chi connectivity index (χ4n) is 1.46. The maximum Gasteiger partial charge on any atom is 0.124 e. The van der Waals surface area contributed by atoms with Crippen LogP contribution in [0, 0.1) is 0 Å². The van der Waals surface area contributed by atoms with Crippen molar-refractivity contribution in [2.45, 2.75) is 6.04 Å². The molecule has 4 heteroatoms. The number of H-pyrrole nitrogens is 1. The number of phenols is 1. The highest BCUT2D eigenvalue weighted by Crippen LogP contribution is 2.26. The molecule has 2 rings (SSSR count). The zero-order valence-electron chi connectivity index (χ0n) is 7.57. The number of benzene rings is 1. The van der Waals surface area contributed by atoms with Crippen molar-refractivity contribution in [3.63, 3.8) is 0 Å². The van der Waals surface area contributed by atoms with Gasteiger partial charge in [0.15, 0.2) is 0 Å². The summed E-state index contributed by atoms with van der Waals surface area (Å²) in [4.78, 5) is 3.04. The molecule has 0 spiro atoms. The van der Waals surface area contributed by atoms with E-state index in [1.54, 1.807) is 18.2 Å². The number of aromatic hydroxyl groups is 1. The number of aliphatic hydroxyl groups is 1. The van der Waals surface area contributed by atoms with Crippen molar-refractivity contribution >= 4 is 10.9 Å². The minimum absolute atomic E-state index is 0.117. The Kier molecular flexibility index (Phi) is 2.15. The molecule has 0 amide bonds. The van der Waals surface area contributed by atoms with Crippen LogP contribution in [0.4, 0.5) is 0 Å². The SMILES string of the molecule is N[C@@H](CO)c1cc2c(O)cccc2[nH]1. The molecule has 0 aliphatic rings. The lowest BCUT2D eigenvalue weighted by Crippen LogP contribution is -2.14. The number of nitrogens with one attached hydrogen (secondary N) is 1. The summed E-state index contributed by atoms with van der Waals surface area (Å²) in [5, 5.41) is 19.1. The van der Waals surface area contributed by atoms with E-state index in [9.17, 15) is 5.11 Å². The van der Waals surface area contributed by atoms with Gasteiger partial charge in [0, 0.05) is 16.6 Å². The van der Waals surface area contributed by atoms with Crippen molar-refractivity contribution in [3.05, 3.63) is 30.0 Å². The van der Waals surface area contributed by atoms with Gasteiger partial charge in [0.1, 0.15) is 5.75 Å². The van der Waals surface area contributed by atoms with Gasteiger partial charge in [-0.1, -0.05) is 6.07 Å².